The molecule has 28 heavy (non-hydrogen) atoms. The van der Waals surface area contributed by atoms with E-state index in [2.05, 4.69) is 15.6 Å². The smallest absolute Gasteiger partial charge is 0.408 e. The predicted octanol–water partition coefficient (Wildman–Crippen LogP) is 3.97. The Balaban J connectivity index is 2.08. The summed E-state index contributed by atoms with van der Waals surface area (Å²) in [6, 6.07) is 6.83. The fraction of sp³-hybridized carbons (Fsp3) is 0.476. The topological polar surface area (TPSA) is 85.2 Å². The fourth-order valence-electron chi connectivity index (χ4n) is 2.72. The number of nitrogens with one attached hydrogen (secondary N) is 2. The Morgan fingerprint density at radius 2 is 1.86 bits per heavy atom. The normalized spacial score (nSPS) is 13.5. The highest BCUT2D eigenvalue weighted by atomic mass is 16.6. The van der Waals surface area contributed by atoms with Crippen LogP contribution in [0.5, 0.6) is 0 Å². The van der Waals surface area contributed by atoms with Crippen molar-refractivity contribution in [2.45, 2.75) is 52.7 Å². The molecule has 0 fully saturated rings. The number of ether oxygens (including phenoxy) is 1. The van der Waals surface area contributed by atoms with Gasteiger partial charge in [0.1, 0.15) is 11.6 Å². The van der Waals surface area contributed by atoms with E-state index in [1.54, 1.807) is 33.3 Å². The molecule has 2 rings (SSSR count). The van der Waals surface area contributed by atoms with E-state index in [4.69, 9.17) is 4.74 Å². The highest BCUT2D eigenvalue weighted by Gasteiger charge is 2.28. The summed E-state index contributed by atoms with van der Waals surface area (Å²) in [6.45, 7) is 9.26. The summed E-state index contributed by atoms with van der Waals surface area (Å²) in [5, 5.41) is 5.58. The first kappa shape index (κ1) is 21.5. The average Bonchev–Trinajstić information content (AvgIpc) is 3.04. The maximum Gasteiger partial charge on any atom is 0.408 e. The maximum absolute atomic E-state index is 12.8. The number of carbonyl (C=O) groups is 2. The lowest BCUT2D eigenvalue weighted by Crippen LogP contribution is -2.49. The number of rotatable bonds is 6. The molecule has 0 aliphatic rings. The number of aromatic nitrogens is 2. The first-order valence-corrected chi connectivity index (χ1v) is 9.48. The van der Waals surface area contributed by atoms with Crippen molar-refractivity contribution < 1.29 is 14.3 Å². The molecule has 0 aliphatic carbocycles. The average molecular weight is 386 g/mol. The van der Waals surface area contributed by atoms with E-state index in [9.17, 15) is 9.59 Å². The number of hydrogen-bond donors (Lipinski definition) is 2. The molecule has 0 spiro atoms. The summed E-state index contributed by atoms with van der Waals surface area (Å²) >= 11 is 0. The predicted molar refractivity (Wildman–Crippen MR) is 110 cm³/mol. The van der Waals surface area contributed by atoms with Crippen molar-refractivity contribution in [1.82, 2.24) is 14.9 Å². The minimum absolute atomic E-state index is 0.0405. The van der Waals surface area contributed by atoms with Gasteiger partial charge in [-0.3, -0.25) is 4.79 Å². The summed E-state index contributed by atoms with van der Waals surface area (Å²) < 4.78 is 7.22. The minimum atomic E-state index is -0.684. The molecular weight excluding hydrogens is 356 g/mol. The van der Waals surface area contributed by atoms with Crippen LogP contribution in [0.1, 0.15) is 41.0 Å². The van der Waals surface area contributed by atoms with Gasteiger partial charge in [-0.25, -0.2) is 9.78 Å². The van der Waals surface area contributed by atoms with E-state index in [0.717, 1.165) is 17.7 Å². The lowest BCUT2D eigenvalue weighted by atomic mass is 9.98. The third-order valence-electron chi connectivity index (χ3n) is 4.43. The largest absolute Gasteiger partial charge is 0.444 e. The van der Waals surface area contributed by atoms with E-state index in [1.807, 2.05) is 49.7 Å². The molecule has 2 atom stereocenters. The van der Waals surface area contributed by atoms with Gasteiger partial charge in [-0.2, -0.15) is 0 Å². The van der Waals surface area contributed by atoms with Crippen molar-refractivity contribution in [2.75, 3.05) is 5.32 Å². The zero-order valence-corrected chi connectivity index (χ0v) is 17.4. The first-order chi connectivity index (χ1) is 13.1. The molecule has 0 radical (unpaired) electrons. The Hall–Kier alpha value is -2.83. The second-order valence-electron chi connectivity index (χ2n) is 7.97. The zero-order chi connectivity index (χ0) is 20.9. The molecular formula is C21H30N4O3. The van der Waals surface area contributed by atoms with Gasteiger partial charge in [-0.1, -0.05) is 32.4 Å². The van der Waals surface area contributed by atoms with Gasteiger partial charge in [-0.05, 0) is 44.4 Å². The van der Waals surface area contributed by atoms with Crippen LogP contribution in [0.3, 0.4) is 0 Å². The Bertz CT molecular complexity index is 806. The second-order valence-corrected chi connectivity index (χ2v) is 7.97. The molecule has 0 bridgehead atoms. The van der Waals surface area contributed by atoms with E-state index in [0.29, 0.717) is 5.69 Å². The molecule has 1 aromatic heterocycles. The van der Waals surface area contributed by atoms with Crippen molar-refractivity contribution in [1.29, 1.82) is 0 Å². The maximum atomic E-state index is 12.8. The number of imidazole rings is 1. The quantitative estimate of drug-likeness (QED) is 0.787. The van der Waals surface area contributed by atoms with E-state index in [-0.39, 0.29) is 11.8 Å². The summed E-state index contributed by atoms with van der Waals surface area (Å²) in [6.07, 6.45) is 3.67. The van der Waals surface area contributed by atoms with Crippen LogP contribution >= 0.6 is 0 Å². The van der Waals surface area contributed by atoms with Crippen molar-refractivity contribution in [3.05, 3.63) is 36.8 Å². The first-order valence-electron chi connectivity index (χ1n) is 9.48. The van der Waals surface area contributed by atoms with Gasteiger partial charge in [-0.15, -0.1) is 0 Å². The van der Waals surface area contributed by atoms with Crippen molar-refractivity contribution in [3.8, 4) is 11.3 Å². The number of nitrogens with zero attached hydrogens (tertiary/aromatic N) is 2. The van der Waals surface area contributed by atoms with Crippen LogP contribution in [-0.2, 0) is 16.6 Å². The van der Waals surface area contributed by atoms with Crippen LogP contribution in [0, 0.1) is 5.92 Å². The van der Waals surface area contributed by atoms with Gasteiger partial charge in [0.25, 0.3) is 0 Å². The molecule has 1 unspecified atom stereocenters. The Morgan fingerprint density at radius 1 is 1.21 bits per heavy atom. The zero-order valence-electron chi connectivity index (χ0n) is 17.4. The second kappa shape index (κ2) is 8.91. The SMILES string of the molecule is CCC(C)[C@H](NC(=O)OC(C)(C)C)C(=O)Nc1ccc(-c2cncn2C)cc1. The fourth-order valence-corrected chi connectivity index (χ4v) is 2.72. The molecule has 2 aromatic rings. The van der Waals surface area contributed by atoms with Crippen LogP contribution < -0.4 is 10.6 Å². The molecule has 0 aliphatic heterocycles. The highest BCUT2D eigenvalue weighted by Crippen LogP contribution is 2.21. The van der Waals surface area contributed by atoms with Gasteiger partial charge < -0.3 is 19.9 Å². The van der Waals surface area contributed by atoms with Gasteiger partial charge >= 0.3 is 6.09 Å². The number of benzene rings is 1. The van der Waals surface area contributed by atoms with Crippen molar-refractivity contribution >= 4 is 17.7 Å². The number of anilines is 1. The summed E-state index contributed by atoms with van der Waals surface area (Å²) in [5.41, 5.74) is 2.03. The molecule has 152 valence electrons. The number of aryl methyl sites for hydroxylation is 1. The number of hydrogen-bond acceptors (Lipinski definition) is 4. The molecule has 0 saturated heterocycles. The van der Waals surface area contributed by atoms with E-state index < -0.39 is 17.7 Å². The van der Waals surface area contributed by atoms with Gasteiger partial charge in [0.15, 0.2) is 0 Å². The van der Waals surface area contributed by atoms with Crippen LogP contribution in [0.15, 0.2) is 36.8 Å². The number of alkyl carbamates (subject to hydrolysis) is 1. The molecule has 7 heteroatoms. The lowest BCUT2D eigenvalue weighted by molar-refractivity contribution is -0.119. The van der Waals surface area contributed by atoms with E-state index >= 15 is 0 Å². The third kappa shape index (κ3) is 5.84. The Labute approximate surface area is 166 Å². The van der Waals surface area contributed by atoms with Crippen LogP contribution in [0.4, 0.5) is 10.5 Å². The Kier molecular flexibility index (Phi) is 6.83. The Morgan fingerprint density at radius 3 is 2.36 bits per heavy atom. The van der Waals surface area contributed by atoms with Gasteiger partial charge in [0.05, 0.1) is 18.2 Å². The van der Waals surface area contributed by atoms with Crippen LogP contribution in [0.2, 0.25) is 0 Å². The van der Waals surface area contributed by atoms with Crippen LogP contribution in [-0.4, -0.2) is 33.2 Å². The van der Waals surface area contributed by atoms with Gasteiger partial charge in [0, 0.05) is 12.7 Å². The standard InChI is InChI=1S/C21H30N4O3/c1-7-14(2)18(24-20(27)28-21(3,4)5)19(26)23-16-10-8-15(9-11-16)17-12-22-13-25(17)6/h8-14,18H,7H2,1-6H3,(H,23,26)(H,24,27)/t14?,18-/m0/s1. The monoisotopic (exact) mass is 386 g/mol. The van der Waals surface area contributed by atoms with Crippen molar-refractivity contribution in [2.24, 2.45) is 13.0 Å². The summed E-state index contributed by atoms with van der Waals surface area (Å²) in [5.74, 6) is -0.310. The molecule has 0 saturated carbocycles. The minimum Gasteiger partial charge on any atom is -0.444 e. The summed E-state index contributed by atoms with van der Waals surface area (Å²) in [4.78, 5) is 29.0. The number of amides is 2. The van der Waals surface area contributed by atoms with Crippen molar-refractivity contribution in [3.63, 3.8) is 0 Å². The summed E-state index contributed by atoms with van der Waals surface area (Å²) in [7, 11) is 1.93. The highest BCUT2D eigenvalue weighted by molar-refractivity contribution is 5.97. The lowest BCUT2D eigenvalue weighted by Gasteiger charge is -2.26. The molecule has 2 N–H and O–H groups in total. The third-order valence-corrected chi connectivity index (χ3v) is 4.43. The van der Waals surface area contributed by atoms with Crippen LogP contribution in [0.25, 0.3) is 11.3 Å². The molecule has 1 heterocycles. The molecule has 2 amide bonds. The number of carbonyl (C=O) groups excluding carboxylic acids is 2. The van der Waals surface area contributed by atoms with E-state index in [1.165, 1.54) is 0 Å². The van der Waals surface area contributed by atoms with Gasteiger partial charge in [0.2, 0.25) is 5.91 Å². The molecule has 7 nitrogen and oxygen atoms in total. The molecule has 1 aromatic carbocycles.